The second-order valence-corrected chi connectivity index (χ2v) is 6.31. The number of ketones is 3. The van der Waals surface area contributed by atoms with Gasteiger partial charge in [-0.05, 0) is 0 Å². The van der Waals surface area contributed by atoms with Crippen LogP contribution >= 0.6 is 0 Å². The minimum Gasteiger partial charge on any atom is -0.370 e. The molecule has 0 spiro atoms. The van der Waals surface area contributed by atoms with Gasteiger partial charge in [0, 0.05) is 37.7 Å². The molecule has 0 rings (SSSR count). The number of hydrogen-bond acceptors (Lipinski definition) is 4. The molecule has 0 aliphatic rings. The van der Waals surface area contributed by atoms with Gasteiger partial charge >= 0.3 is 0 Å². The zero-order valence-electron chi connectivity index (χ0n) is 13.8. The quantitative estimate of drug-likeness (QED) is 0.653. The van der Waals surface area contributed by atoms with Gasteiger partial charge in [-0.25, -0.2) is 0 Å². The van der Waals surface area contributed by atoms with Crippen LogP contribution in [-0.4, -0.2) is 30.1 Å². The Hall–Kier alpha value is -1.03. The molecule has 0 aliphatic carbocycles. The van der Waals surface area contributed by atoms with Crippen LogP contribution in [0.2, 0.25) is 0 Å². The third-order valence-corrected chi connectivity index (χ3v) is 3.57. The van der Waals surface area contributed by atoms with E-state index >= 15 is 0 Å². The smallest absolute Gasteiger partial charge is 0.168 e. The Bertz CT molecular complexity index is 345. The summed E-state index contributed by atoms with van der Waals surface area (Å²) >= 11 is 0. The summed E-state index contributed by atoms with van der Waals surface area (Å²) in [5.74, 6) is -0.940. The second-order valence-electron chi connectivity index (χ2n) is 6.31. The van der Waals surface area contributed by atoms with Crippen LogP contribution in [0.25, 0.3) is 0 Å². The van der Waals surface area contributed by atoms with E-state index in [1.807, 2.05) is 0 Å². The molecule has 0 aromatic heterocycles. The standard InChI is InChI=1S/C16H28O4/c1-10(2)13(17)8-16(20-7,15(19)12(5)6)9-14(18)11(3)4/h10-12H,8-9H2,1-7H3. The van der Waals surface area contributed by atoms with E-state index in [1.165, 1.54) is 7.11 Å². The van der Waals surface area contributed by atoms with Crippen LogP contribution < -0.4 is 0 Å². The minimum absolute atomic E-state index is 0.0311. The fourth-order valence-corrected chi connectivity index (χ4v) is 1.98. The number of ether oxygens (including phenoxy) is 1. The average molecular weight is 284 g/mol. The third-order valence-electron chi connectivity index (χ3n) is 3.57. The lowest BCUT2D eigenvalue weighted by molar-refractivity contribution is -0.154. The van der Waals surface area contributed by atoms with E-state index in [0.717, 1.165) is 0 Å². The number of carbonyl (C=O) groups excluding carboxylic acids is 3. The van der Waals surface area contributed by atoms with Crippen molar-refractivity contribution in [3.05, 3.63) is 0 Å². The summed E-state index contributed by atoms with van der Waals surface area (Å²) in [6.07, 6.45) is -0.0622. The van der Waals surface area contributed by atoms with Gasteiger partial charge in [0.25, 0.3) is 0 Å². The van der Waals surface area contributed by atoms with E-state index in [-0.39, 0.29) is 47.9 Å². The molecule has 0 unspecified atom stereocenters. The van der Waals surface area contributed by atoms with Gasteiger partial charge in [0.2, 0.25) is 0 Å². The molecule has 116 valence electrons. The highest BCUT2D eigenvalue weighted by molar-refractivity contribution is 5.98. The van der Waals surface area contributed by atoms with Crippen molar-refractivity contribution < 1.29 is 19.1 Å². The number of rotatable bonds is 9. The van der Waals surface area contributed by atoms with Gasteiger partial charge < -0.3 is 4.74 Å². The molecule has 0 N–H and O–H groups in total. The zero-order valence-corrected chi connectivity index (χ0v) is 13.8. The molecule has 0 aromatic carbocycles. The number of Topliss-reactive ketones (excluding diaryl/α,β-unsaturated/α-hetero) is 3. The lowest BCUT2D eigenvalue weighted by Gasteiger charge is -2.32. The monoisotopic (exact) mass is 284 g/mol. The van der Waals surface area contributed by atoms with Crippen LogP contribution in [0.5, 0.6) is 0 Å². The molecule has 0 atom stereocenters. The van der Waals surface area contributed by atoms with E-state index in [2.05, 4.69) is 0 Å². The minimum atomic E-state index is -1.31. The molecule has 0 saturated carbocycles. The highest BCUT2D eigenvalue weighted by Gasteiger charge is 2.43. The third kappa shape index (κ3) is 4.82. The van der Waals surface area contributed by atoms with E-state index in [1.54, 1.807) is 41.5 Å². The molecule has 0 aromatic rings. The van der Waals surface area contributed by atoms with Gasteiger partial charge in [0.05, 0.1) is 0 Å². The predicted molar refractivity (Wildman–Crippen MR) is 78.5 cm³/mol. The molecule has 0 bridgehead atoms. The van der Waals surface area contributed by atoms with Gasteiger partial charge in [-0.3, -0.25) is 14.4 Å². The number of hydrogen-bond donors (Lipinski definition) is 0. The van der Waals surface area contributed by atoms with Crippen molar-refractivity contribution in [2.75, 3.05) is 7.11 Å². The first kappa shape index (κ1) is 19.0. The molecule has 4 heteroatoms. The van der Waals surface area contributed by atoms with Crippen LogP contribution in [0.1, 0.15) is 54.4 Å². The van der Waals surface area contributed by atoms with Crippen molar-refractivity contribution in [1.29, 1.82) is 0 Å². The van der Waals surface area contributed by atoms with Gasteiger partial charge in [0.15, 0.2) is 5.78 Å². The first-order chi connectivity index (χ1) is 9.07. The average Bonchev–Trinajstić information content (AvgIpc) is 2.36. The van der Waals surface area contributed by atoms with Crippen LogP contribution in [-0.2, 0) is 19.1 Å². The fraction of sp³-hybridized carbons (Fsp3) is 0.812. The van der Waals surface area contributed by atoms with E-state index in [4.69, 9.17) is 4.74 Å². The molecule has 0 amide bonds. The number of methoxy groups -OCH3 is 1. The Morgan fingerprint density at radius 2 is 1.15 bits per heavy atom. The second kappa shape index (κ2) is 7.67. The van der Waals surface area contributed by atoms with Gasteiger partial charge in [-0.15, -0.1) is 0 Å². The van der Waals surface area contributed by atoms with E-state index < -0.39 is 5.60 Å². The Morgan fingerprint density at radius 1 is 0.800 bits per heavy atom. The van der Waals surface area contributed by atoms with Gasteiger partial charge in [-0.1, -0.05) is 41.5 Å². The lowest BCUT2D eigenvalue weighted by Crippen LogP contribution is -2.48. The molecular formula is C16H28O4. The van der Waals surface area contributed by atoms with Crippen molar-refractivity contribution in [2.45, 2.75) is 60.0 Å². The van der Waals surface area contributed by atoms with Crippen LogP contribution in [0.15, 0.2) is 0 Å². The van der Waals surface area contributed by atoms with Gasteiger partial charge in [0.1, 0.15) is 17.2 Å². The summed E-state index contributed by atoms with van der Waals surface area (Å²) in [5, 5.41) is 0. The fourth-order valence-electron chi connectivity index (χ4n) is 1.98. The normalized spacial score (nSPS) is 12.3. The maximum absolute atomic E-state index is 12.5. The summed E-state index contributed by atoms with van der Waals surface area (Å²) in [4.78, 5) is 36.6. The van der Waals surface area contributed by atoms with Crippen LogP contribution in [0.4, 0.5) is 0 Å². The predicted octanol–water partition coefficient (Wildman–Crippen LogP) is 2.83. The van der Waals surface area contributed by atoms with Crippen molar-refractivity contribution in [3.8, 4) is 0 Å². The molecular weight excluding hydrogens is 256 g/mol. The van der Waals surface area contributed by atoms with Crippen molar-refractivity contribution in [2.24, 2.45) is 17.8 Å². The van der Waals surface area contributed by atoms with Crippen molar-refractivity contribution in [3.63, 3.8) is 0 Å². The molecule has 4 nitrogen and oxygen atoms in total. The number of carbonyl (C=O) groups is 3. The van der Waals surface area contributed by atoms with Crippen LogP contribution in [0.3, 0.4) is 0 Å². The summed E-state index contributed by atoms with van der Waals surface area (Å²) in [5.41, 5.74) is -1.31. The van der Waals surface area contributed by atoms with E-state index in [9.17, 15) is 14.4 Å². The Balaban J connectivity index is 5.44. The Labute approximate surface area is 122 Å². The highest BCUT2D eigenvalue weighted by Crippen LogP contribution is 2.28. The Morgan fingerprint density at radius 3 is 1.35 bits per heavy atom. The van der Waals surface area contributed by atoms with Crippen molar-refractivity contribution >= 4 is 17.3 Å². The largest absolute Gasteiger partial charge is 0.370 e. The molecule has 0 aliphatic heterocycles. The van der Waals surface area contributed by atoms with Crippen LogP contribution in [0, 0.1) is 17.8 Å². The summed E-state index contributed by atoms with van der Waals surface area (Å²) in [7, 11) is 1.40. The highest BCUT2D eigenvalue weighted by atomic mass is 16.5. The summed E-state index contributed by atoms with van der Waals surface area (Å²) in [6, 6.07) is 0. The first-order valence-corrected chi connectivity index (χ1v) is 7.22. The molecule has 0 saturated heterocycles. The zero-order chi connectivity index (χ0) is 16.1. The molecule has 0 radical (unpaired) electrons. The topological polar surface area (TPSA) is 60.4 Å². The SMILES string of the molecule is COC(CC(=O)C(C)C)(CC(=O)C(C)C)C(=O)C(C)C. The molecule has 20 heavy (non-hydrogen) atoms. The van der Waals surface area contributed by atoms with Crippen molar-refractivity contribution in [1.82, 2.24) is 0 Å². The van der Waals surface area contributed by atoms with Gasteiger partial charge in [-0.2, -0.15) is 0 Å². The molecule has 0 heterocycles. The molecule has 0 fully saturated rings. The van der Waals surface area contributed by atoms with E-state index in [0.29, 0.717) is 0 Å². The maximum Gasteiger partial charge on any atom is 0.168 e. The summed E-state index contributed by atoms with van der Waals surface area (Å²) < 4.78 is 5.41. The summed E-state index contributed by atoms with van der Waals surface area (Å²) in [6.45, 7) is 10.7. The first-order valence-electron chi connectivity index (χ1n) is 7.22. The lowest BCUT2D eigenvalue weighted by atomic mass is 9.79. The maximum atomic E-state index is 12.5. The Kier molecular flexibility index (Phi) is 7.28.